The van der Waals surface area contributed by atoms with Crippen LogP contribution in [-0.2, 0) is 25.8 Å². The van der Waals surface area contributed by atoms with Crippen LogP contribution in [-0.4, -0.2) is 28.2 Å². The van der Waals surface area contributed by atoms with Gasteiger partial charge in [0.05, 0.1) is 5.56 Å². The average molecular weight is 508 g/mol. The Kier molecular flexibility index (Phi) is 6.12. The van der Waals surface area contributed by atoms with E-state index >= 15 is 0 Å². The number of ether oxygens (including phenoxy) is 1. The maximum atomic E-state index is 13.3. The first-order valence-corrected chi connectivity index (χ1v) is 13.0. The standard InChI is InChI=1S/C29H33NO7/c1-18(31)29(37-26(33)20-6-4-19(5-7-20)17-36-30(34)35)15-12-25-23-9-8-21-16-22(32)10-13-27(21,2)24(23)11-14-28(25,29)3/h4-9,16,23-25H,10-15,17H2,1-3H3. The van der Waals surface area contributed by atoms with Gasteiger partial charge in [-0.25, -0.2) is 4.79 Å². The first kappa shape index (κ1) is 25.4. The zero-order valence-electron chi connectivity index (χ0n) is 21.5. The lowest BCUT2D eigenvalue weighted by Crippen LogP contribution is -2.58. The molecular weight excluding hydrogens is 474 g/mol. The van der Waals surface area contributed by atoms with E-state index in [4.69, 9.17) is 4.74 Å². The Hall–Kier alpha value is -3.29. The summed E-state index contributed by atoms with van der Waals surface area (Å²) in [7, 11) is 0. The largest absolute Gasteiger partial charge is 0.447 e. The molecular formula is C29H33NO7. The van der Waals surface area contributed by atoms with Gasteiger partial charge in [-0.15, -0.1) is 10.1 Å². The van der Waals surface area contributed by atoms with Crippen LogP contribution in [0.4, 0.5) is 0 Å². The second kappa shape index (κ2) is 8.92. The van der Waals surface area contributed by atoms with Crippen molar-refractivity contribution < 1.29 is 29.0 Å². The third-order valence-electron chi connectivity index (χ3n) is 10.00. The zero-order chi connectivity index (χ0) is 26.6. The van der Waals surface area contributed by atoms with Crippen molar-refractivity contribution in [1.82, 2.24) is 0 Å². The highest BCUT2D eigenvalue weighted by molar-refractivity contribution is 5.95. The molecule has 2 fully saturated rings. The molecule has 6 unspecified atom stereocenters. The molecule has 0 aromatic heterocycles. The Bertz CT molecular complexity index is 1220. The van der Waals surface area contributed by atoms with Gasteiger partial charge in [-0.05, 0) is 91.5 Å². The monoisotopic (exact) mass is 507 g/mol. The minimum atomic E-state index is -1.21. The smallest absolute Gasteiger partial charge is 0.339 e. The third kappa shape index (κ3) is 3.92. The molecule has 0 aliphatic heterocycles. The number of ketones is 2. The van der Waals surface area contributed by atoms with E-state index in [9.17, 15) is 24.5 Å². The number of hydrogen-bond acceptors (Lipinski definition) is 7. The highest BCUT2D eigenvalue weighted by atomic mass is 16.9. The van der Waals surface area contributed by atoms with Crippen LogP contribution < -0.4 is 0 Å². The zero-order valence-corrected chi connectivity index (χ0v) is 21.5. The summed E-state index contributed by atoms with van der Waals surface area (Å²) < 4.78 is 6.17. The van der Waals surface area contributed by atoms with Crippen molar-refractivity contribution in [2.45, 2.75) is 71.5 Å². The van der Waals surface area contributed by atoms with Gasteiger partial charge in [0.25, 0.3) is 5.09 Å². The quantitative estimate of drug-likeness (QED) is 0.296. The summed E-state index contributed by atoms with van der Waals surface area (Å²) in [6, 6.07) is 6.25. The number of carbonyl (C=O) groups excluding carboxylic acids is 3. The van der Waals surface area contributed by atoms with Gasteiger partial charge in [0.1, 0.15) is 6.61 Å². The van der Waals surface area contributed by atoms with Crippen LogP contribution in [0, 0.1) is 38.7 Å². The van der Waals surface area contributed by atoms with Gasteiger partial charge >= 0.3 is 5.97 Å². The van der Waals surface area contributed by atoms with Crippen molar-refractivity contribution in [2.24, 2.45) is 28.6 Å². The Morgan fingerprint density at radius 2 is 1.78 bits per heavy atom. The summed E-state index contributed by atoms with van der Waals surface area (Å²) in [4.78, 5) is 53.4. The van der Waals surface area contributed by atoms with Gasteiger partial charge in [-0.3, -0.25) is 9.59 Å². The molecule has 4 aliphatic carbocycles. The van der Waals surface area contributed by atoms with Crippen LogP contribution in [0.2, 0.25) is 0 Å². The van der Waals surface area contributed by atoms with E-state index in [-0.39, 0.29) is 41.0 Å². The van der Waals surface area contributed by atoms with Crippen LogP contribution in [0.5, 0.6) is 0 Å². The van der Waals surface area contributed by atoms with E-state index in [1.54, 1.807) is 24.3 Å². The molecule has 1 aromatic rings. The summed E-state index contributed by atoms with van der Waals surface area (Å²) in [5.41, 5.74) is 0.215. The number of Topliss-reactive ketones (excluding diaryl/α,β-unsaturated/α-hetero) is 1. The number of fused-ring (bicyclic) bond motifs is 5. The summed E-state index contributed by atoms with van der Waals surface area (Å²) >= 11 is 0. The van der Waals surface area contributed by atoms with Gasteiger partial charge in [0.2, 0.25) is 0 Å². The Balaban J connectivity index is 1.41. The predicted molar refractivity (Wildman–Crippen MR) is 134 cm³/mol. The Labute approximate surface area is 216 Å². The molecule has 4 aliphatic rings. The van der Waals surface area contributed by atoms with Crippen molar-refractivity contribution in [3.05, 3.63) is 69.3 Å². The summed E-state index contributed by atoms with van der Waals surface area (Å²) in [6.45, 7) is 5.71. The molecule has 0 saturated heterocycles. The Morgan fingerprint density at radius 1 is 1.08 bits per heavy atom. The van der Waals surface area contributed by atoms with Crippen molar-refractivity contribution in [3.63, 3.8) is 0 Å². The number of carbonyl (C=O) groups is 3. The van der Waals surface area contributed by atoms with Crippen molar-refractivity contribution in [2.75, 3.05) is 0 Å². The third-order valence-corrected chi connectivity index (χ3v) is 10.00. The van der Waals surface area contributed by atoms with E-state index in [1.165, 1.54) is 6.92 Å². The maximum Gasteiger partial charge on any atom is 0.339 e. The number of hydrogen-bond donors (Lipinski definition) is 0. The van der Waals surface area contributed by atoms with E-state index in [1.807, 2.05) is 6.08 Å². The molecule has 8 heteroatoms. The van der Waals surface area contributed by atoms with E-state index in [0.717, 1.165) is 31.3 Å². The molecule has 2 saturated carbocycles. The van der Waals surface area contributed by atoms with Crippen molar-refractivity contribution >= 4 is 17.5 Å². The predicted octanol–water partition coefficient (Wildman–Crippen LogP) is 5.19. The SMILES string of the molecule is CC(=O)C1(OC(=O)c2ccc(CO[N+](=O)[O-])cc2)CCC2C3C=CC4=CC(=O)CCC4(C)C3CCC21C. The highest BCUT2D eigenvalue weighted by Gasteiger charge is 2.67. The van der Waals surface area contributed by atoms with E-state index < -0.39 is 22.1 Å². The number of rotatable bonds is 6. The first-order valence-electron chi connectivity index (χ1n) is 13.0. The number of nitrogens with zero attached hydrogens (tertiary/aromatic N) is 1. The fourth-order valence-corrected chi connectivity index (χ4v) is 7.90. The normalized spacial score (nSPS) is 36.0. The van der Waals surface area contributed by atoms with Crippen LogP contribution in [0.25, 0.3) is 0 Å². The molecule has 0 amide bonds. The first-order chi connectivity index (χ1) is 17.5. The molecule has 0 spiro atoms. The molecule has 5 rings (SSSR count). The van der Waals surface area contributed by atoms with E-state index in [2.05, 4.69) is 30.8 Å². The van der Waals surface area contributed by atoms with Crippen LogP contribution in [0.15, 0.2) is 48.1 Å². The van der Waals surface area contributed by atoms with Crippen molar-refractivity contribution in [1.29, 1.82) is 0 Å². The fraction of sp³-hybridized carbons (Fsp3) is 0.552. The minimum absolute atomic E-state index is 0.0481. The minimum Gasteiger partial charge on any atom is -0.447 e. The lowest BCUT2D eigenvalue weighted by atomic mass is 9.48. The lowest BCUT2D eigenvalue weighted by Gasteiger charge is -2.57. The molecule has 196 valence electrons. The second-order valence-electron chi connectivity index (χ2n) is 11.6. The van der Waals surface area contributed by atoms with Gasteiger partial charge in [-0.2, -0.15) is 0 Å². The summed E-state index contributed by atoms with van der Waals surface area (Å²) in [5.74, 6) is 0.338. The number of allylic oxidation sites excluding steroid dienone is 4. The van der Waals surface area contributed by atoms with E-state index in [0.29, 0.717) is 24.3 Å². The fourth-order valence-electron chi connectivity index (χ4n) is 7.90. The number of esters is 1. The average Bonchev–Trinajstić information content (AvgIpc) is 3.16. The lowest BCUT2D eigenvalue weighted by molar-refractivity contribution is -0.763. The second-order valence-corrected chi connectivity index (χ2v) is 11.6. The van der Waals surface area contributed by atoms with Gasteiger partial charge in [-0.1, -0.05) is 38.1 Å². The molecule has 0 radical (unpaired) electrons. The molecule has 0 N–H and O–H groups in total. The van der Waals surface area contributed by atoms with Gasteiger partial charge in [0, 0.05) is 11.8 Å². The maximum absolute atomic E-state index is 13.3. The van der Waals surface area contributed by atoms with Crippen LogP contribution in [0.1, 0.15) is 75.2 Å². The number of benzene rings is 1. The molecule has 0 heterocycles. The van der Waals surface area contributed by atoms with Crippen molar-refractivity contribution in [3.8, 4) is 0 Å². The summed E-state index contributed by atoms with van der Waals surface area (Å²) in [6.07, 6.45) is 10.5. The van der Waals surface area contributed by atoms with Gasteiger partial charge < -0.3 is 9.57 Å². The molecule has 6 atom stereocenters. The topological polar surface area (TPSA) is 113 Å². The Morgan fingerprint density at radius 3 is 2.46 bits per heavy atom. The molecule has 8 nitrogen and oxygen atoms in total. The van der Waals surface area contributed by atoms with Crippen LogP contribution in [0.3, 0.4) is 0 Å². The molecule has 0 bridgehead atoms. The summed E-state index contributed by atoms with van der Waals surface area (Å²) in [5, 5.41) is 9.57. The van der Waals surface area contributed by atoms with Gasteiger partial charge in [0.15, 0.2) is 17.2 Å². The van der Waals surface area contributed by atoms with Crippen LogP contribution >= 0.6 is 0 Å². The highest BCUT2D eigenvalue weighted by Crippen LogP contribution is 2.67. The molecule has 37 heavy (non-hydrogen) atoms. The molecule has 1 aromatic carbocycles.